The maximum atomic E-state index is 8.63. The van der Waals surface area contributed by atoms with Crippen molar-refractivity contribution in [3.05, 3.63) is 34.8 Å². The van der Waals surface area contributed by atoms with E-state index in [4.69, 9.17) is 5.26 Å². The van der Waals surface area contributed by atoms with Crippen LogP contribution in [0.4, 0.5) is 0 Å². The Labute approximate surface area is 79.3 Å². The van der Waals surface area contributed by atoms with Crippen molar-refractivity contribution in [2.24, 2.45) is 0 Å². The van der Waals surface area contributed by atoms with Crippen molar-refractivity contribution in [3.8, 4) is 17.5 Å². The molecule has 0 aromatic carbocycles. The van der Waals surface area contributed by atoms with E-state index in [1.165, 1.54) is 11.3 Å². The second-order valence-electron chi connectivity index (χ2n) is 2.39. The molecular formula is C9H5N3S. The fourth-order valence-corrected chi connectivity index (χ4v) is 1.52. The second kappa shape index (κ2) is 3.33. The van der Waals surface area contributed by atoms with E-state index in [0.29, 0.717) is 5.69 Å². The van der Waals surface area contributed by atoms with Gasteiger partial charge in [-0.2, -0.15) is 5.26 Å². The van der Waals surface area contributed by atoms with E-state index in [0.717, 1.165) is 11.4 Å². The predicted octanol–water partition coefficient (Wildman–Crippen LogP) is 2.08. The highest BCUT2D eigenvalue weighted by Crippen LogP contribution is 2.16. The van der Waals surface area contributed by atoms with Crippen LogP contribution < -0.4 is 0 Å². The number of thiazole rings is 1. The van der Waals surface area contributed by atoms with Crippen LogP contribution in [0.1, 0.15) is 5.69 Å². The van der Waals surface area contributed by atoms with Gasteiger partial charge < -0.3 is 0 Å². The van der Waals surface area contributed by atoms with E-state index < -0.39 is 0 Å². The third-order valence-corrected chi connectivity index (χ3v) is 2.14. The van der Waals surface area contributed by atoms with Gasteiger partial charge in [0.05, 0.1) is 16.9 Å². The maximum absolute atomic E-state index is 8.63. The topological polar surface area (TPSA) is 49.6 Å². The zero-order valence-electron chi connectivity index (χ0n) is 6.64. The first-order chi connectivity index (χ1) is 6.40. The zero-order valence-corrected chi connectivity index (χ0v) is 7.45. The molecule has 2 aromatic heterocycles. The maximum Gasteiger partial charge on any atom is 0.141 e. The molecule has 0 bridgehead atoms. The lowest BCUT2D eigenvalue weighted by molar-refractivity contribution is 1.24. The number of aromatic nitrogens is 2. The van der Waals surface area contributed by atoms with Crippen molar-refractivity contribution in [1.82, 2.24) is 9.97 Å². The molecule has 0 saturated carbocycles. The molecule has 2 aromatic rings. The molecule has 0 aliphatic rings. The van der Waals surface area contributed by atoms with E-state index in [2.05, 4.69) is 9.97 Å². The third-order valence-electron chi connectivity index (χ3n) is 1.56. The summed E-state index contributed by atoms with van der Waals surface area (Å²) < 4.78 is 0. The lowest BCUT2D eigenvalue weighted by Gasteiger charge is -1.94. The van der Waals surface area contributed by atoms with Gasteiger partial charge in [0, 0.05) is 5.38 Å². The zero-order chi connectivity index (χ0) is 9.10. The Hall–Kier alpha value is -1.73. The fraction of sp³-hybridized carbons (Fsp3) is 0. The molecule has 0 fully saturated rings. The van der Waals surface area contributed by atoms with Crippen LogP contribution in [0, 0.1) is 11.3 Å². The molecule has 0 saturated heterocycles. The van der Waals surface area contributed by atoms with Gasteiger partial charge in [-0.25, -0.2) is 9.97 Å². The number of nitrogens with zero attached hydrogens (tertiary/aromatic N) is 3. The molecule has 0 spiro atoms. The van der Waals surface area contributed by atoms with E-state index in [-0.39, 0.29) is 0 Å². The summed E-state index contributed by atoms with van der Waals surface area (Å²) in [7, 11) is 0. The van der Waals surface area contributed by atoms with Gasteiger partial charge in [0.25, 0.3) is 0 Å². The Kier molecular flexibility index (Phi) is 2.02. The van der Waals surface area contributed by atoms with Crippen LogP contribution in [0.2, 0.25) is 0 Å². The van der Waals surface area contributed by atoms with Crippen molar-refractivity contribution in [2.75, 3.05) is 0 Å². The number of pyridine rings is 1. The van der Waals surface area contributed by atoms with Gasteiger partial charge in [-0.05, 0) is 12.1 Å². The SMILES string of the molecule is N#Cc1cccc(-c2cscn2)n1. The third kappa shape index (κ3) is 1.55. The van der Waals surface area contributed by atoms with Crippen molar-refractivity contribution >= 4 is 11.3 Å². The summed E-state index contributed by atoms with van der Waals surface area (Å²) in [5, 5.41) is 10.5. The van der Waals surface area contributed by atoms with Gasteiger partial charge in [-0.15, -0.1) is 11.3 Å². The Morgan fingerprint density at radius 1 is 1.31 bits per heavy atom. The predicted molar refractivity (Wildman–Crippen MR) is 50.1 cm³/mol. The average Bonchev–Trinajstić information content (AvgIpc) is 2.71. The molecule has 2 heterocycles. The molecular weight excluding hydrogens is 182 g/mol. The summed E-state index contributed by atoms with van der Waals surface area (Å²) in [6.45, 7) is 0. The second-order valence-corrected chi connectivity index (χ2v) is 3.11. The lowest BCUT2D eigenvalue weighted by Crippen LogP contribution is -1.86. The van der Waals surface area contributed by atoms with Crippen LogP contribution in [0.15, 0.2) is 29.1 Å². The van der Waals surface area contributed by atoms with Crippen molar-refractivity contribution in [2.45, 2.75) is 0 Å². The van der Waals surface area contributed by atoms with E-state index in [1.807, 2.05) is 17.5 Å². The van der Waals surface area contributed by atoms with Crippen molar-refractivity contribution in [3.63, 3.8) is 0 Å². The fourth-order valence-electron chi connectivity index (χ4n) is 0.979. The molecule has 0 N–H and O–H groups in total. The smallest absolute Gasteiger partial charge is 0.141 e. The molecule has 2 rings (SSSR count). The molecule has 0 radical (unpaired) electrons. The summed E-state index contributed by atoms with van der Waals surface area (Å²) in [6, 6.07) is 7.32. The Morgan fingerprint density at radius 3 is 2.92 bits per heavy atom. The summed E-state index contributed by atoms with van der Waals surface area (Å²) >= 11 is 1.51. The summed E-state index contributed by atoms with van der Waals surface area (Å²) in [6.07, 6.45) is 0. The van der Waals surface area contributed by atoms with Gasteiger partial charge in [0.1, 0.15) is 11.8 Å². The monoisotopic (exact) mass is 187 g/mol. The van der Waals surface area contributed by atoms with Crippen LogP contribution in [0.3, 0.4) is 0 Å². The molecule has 62 valence electrons. The summed E-state index contributed by atoms with van der Waals surface area (Å²) in [5.41, 5.74) is 3.74. The van der Waals surface area contributed by atoms with Crippen LogP contribution in [-0.2, 0) is 0 Å². The van der Waals surface area contributed by atoms with E-state index in [1.54, 1.807) is 17.6 Å². The number of nitriles is 1. The first-order valence-electron chi connectivity index (χ1n) is 3.66. The number of hydrogen-bond donors (Lipinski definition) is 0. The van der Waals surface area contributed by atoms with Gasteiger partial charge in [-0.3, -0.25) is 0 Å². The largest absolute Gasteiger partial charge is 0.243 e. The molecule has 13 heavy (non-hydrogen) atoms. The van der Waals surface area contributed by atoms with Crippen molar-refractivity contribution in [1.29, 1.82) is 5.26 Å². The molecule has 0 amide bonds. The minimum atomic E-state index is 0.422. The standard InChI is InChI=1S/C9H5N3S/c10-4-7-2-1-3-8(12-7)9-5-13-6-11-9/h1-3,5-6H. The lowest BCUT2D eigenvalue weighted by atomic mass is 10.2. The highest BCUT2D eigenvalue weighted by Gasteiger charge is 2.01. The van der Waals surface area contributed by atoms with Crippen LogP contribution in [-0.4, -0.2) is 9.97 Å². The van der Waals surface area contributed by atoms with E-state index in [9.17, 15) is 0 Å². The van der Waals surface area contributed by atoms with E-state index >= 15 is 0 Å². The van der Waals surface area contributed by atoms with Crippen LogP contribution in [0.5, 0.6) is 0 Å². The summed E-state index contributed by atoms with van der Waals surface area (Å²) in [5.74, 6) is 0. The minimum Gasteiger partial charge on any atom is -0.243 e. The Morgan fingerprint density at radius 2 is 2.23 bits per heavy atom. The van der Waals surface area contributed by atoms with Gasteiger partial charge >= 0.3 is 0 Å². The van der Waals surface area contributed by atoms with Gasteiger partial charge in [0.15, 0.2) is 0 Å². The molecule has 0 unspecified atom stereocenters. The number of hydrogen-bond acceptors (Lipinski definition) is 4. The molecule has 3 nitrogen and oxygen atoms in total. The van der Waals surface area contributed by atoms with Crippen molar-refractivity contribution < 1.29 is 0 Å². The highest BCUT2D eigenvalue weighted by atomic mass is 32.1. The molecule has 0 aliphatic heterocycles. The normalized spacial score (nSPS) is 9.46. The Bertz CT molecular complexity index is 442. The minimum absolute atomic E-state index is 0.422. The quantitative estimate of drug-likeness (QED) is 0.686. The Balaban J connectivity index is 2.49. The molecule has 0 atom stereocenters. The average molecular weight is 187 g/mol. The summed E-state index contributed by atoms with van der Waals surface area (Å²) in [4.78, 5) is 8.23. The van der Waals surface area contributed by atoms with Crippen LogP contribution in [0.25, 0.3) is 11.4 Å². The first kappa shape index (κ1) is 7.90. The number of rotatable bonds is 1. The molecule has 4 heteroatoms. The van der Waals surface area contributed by atoms with Gasteiger partial charge in [-0.1, -0.05) is 6.07 Å². The first-order valence-corrected chi connectivity index (χ1v) is 4.60. The van der Waals surface area contributed by atoms with Gasteiger partial charge in [0.2, 0.25) is 0 Å². The molecule has 0 aliphatic carbocycles. The van der Waals surface area contributed by atoms with Crippen LogP contribution >= 0.6 is 11.3 Å². The highest BCUT2D eigenvalue weighted by molar-refractivity contribution is 7.07.